The van der Waals surface area contributed by atoms with Crippen LogP contribution >= 0.6 is 24.0 Å². The van der Waals surface area contributed by atoms with E-state index in [2.05, 4.69) is 4.90 Å². The predicted octanol–water partition coefficient (Wildman–Crippen LogP) is 1.16. The van der Waals surface area contributed by atoms with E-state index in [-0.39, 0.29) is 29.4 Å². The molecule has 0 unspecified atom stereocenters. The number of hydrogen-bond acceptors (Lipinski definition) is 5. The molecule has 1 aliphatic heterocycles. The Bertz CT molecular complexity index is 929. The molecule has 2 heterocycles. The molecule has 3 rings (SSSR count). The van der Waals surface area contributed by atoms with Crippen LogP contribution in [0.4, 0.5) is 5.82 Å². The lowest BCUT2D eigenvalue weighted by atomic mass is 10.1. The number of aromatic nitrogens is 2. The van der Waals surface area contributed by atoms with Crippen molar-refractivity contribution >= 4 is 35.6 Å². The van der Waals surface area contributed by atoms with Crippen molar-refractivity contribution < 1.29 is 4.79 Å². The molecular formula is C18H22Cl2N4O3. The van der Waals surface area contributed by atoms with Gasteiger partial charge in [-0.05, 0) is 24.3 Å². The minimum atomic E-state index is -0.340. The summed E-state index contributed by atoms with van der Waals surface area (Å²) in [6.07, 6.45) is 0. The van der Waals surface area contributed by atoms with Gasteiger partial charge in [0.05, 0.1) is 6.54 Å². The Morgan fingerprint density at radius 1 is 1.00 bits per heavy atom. The normalized spacial score (nSPS) is 14.7. The van der Waals surface area contributed by atoms with Gasteiger partial charge in [-0.3, -0.25) is 23.6 Å². The number of carbonyl (C=O) groups is 1. The average molecular weight is 413 g/mol. The summed E-state index contributed by atoms with van der Waals surface area (Å²) >= 11 is 5.85. The summed E-state index contributed by atoms with van der Waals surface area (Å²) < 4.78 is 2.57. The van der Waals surface area contributed by atoms with Gasteiger partial charge >= 0.3 is 5.69 Å². The summed E-state index contributed by atoms with van der Waals surface area (Å²) in [4.78, 5) is 40.4. The minimum absolute atomic E-state index is 0. The van der Waals surface area contributed by atoms with Crippen LogP contribution in [-0.4, -0.2) is 52.5 Å². The van der Waals surface area contributed by atoms with Gasteiger partial charge < -0.3 is 4.90 Å². The number of Topliss-reactive ketones (excluding diaryl/α,β-unsaturated/α-hetero) is 1. The zero-order valence-corrected chi connectivity index (χ0v) is 16.8. The van der Waals surface area contributed by atoms with Gasteiger partial charge in [-0.2, -0.15) is 0 Å². The number of nitrogens with zero attached hydrogens (tertiary/aromatic N) is 4. The lowest BCUT2D eigenvalue weighted by molar-refractivity contribution is 0.0926. The van der Waals surface area contributed by atoms with Crippen LogP contribution in [0.2, 0.25) is 5.02 Å². The molecule has 0 spiro atoms. The Morgan fingerprint density at radius 3 is 2.19 bits per heavy atom. The van der Waals surface area contributed by atoms with E-state index in [0.29, 0.717) is 49.1 Å². The number of piperazine rings is 1. The zero-order valence-electron chi connectivity index (χ0n) is 15.2. The summed E-state index contributed by atoms with van der Waals surface area (Å²) in [5.74, 6) is 0.665. The van der Waals surface area contributed by atoms with Crippen molar-refractivity contribution in [2.24, 2.45) is 14.1 Å². The Labute approximate surface area is 168 Å². The van der Waals surface area contributed by atoms with Crippen LogP contribution in [-0.2, 0) is 14.1 Å². The second-order valence-corrected chi connectivity index (χ2v) is 6.87. The molecule has 0 bridgehead atoms. The van der Waals surface area contributed by atoms with Crippen molar-refractivity contribution in [3.05, 3.63) is 61.8 Å². The Morgan fingerprint density at radius 2 is 1.59 bits per heavy atom. The minimum Gasteiger partial charge on any atom is -0.355 e. The van der Waals surface area contributed by atoms with Gasteiger partial charge in [-0.25, -0.2) is 4.79 Å². The van der Waals surface area contributed by atoms with Gasteiger partial charge in [0.2, 0.25) is 0 Å². The number of benzene rings is 1. The molecule has 0 radical (unpaired) electrons. The van der Waals surface area contributed by atoms with Crippen LogP contribution in [0.15, 0.2) is 39.9 Å². The van der Waals surface area contributed by atoms with E-state index in [0.717, 1.165) is 4.57 Å². The molecule has 1 fully saturated rings. The van der Waals surface area contributed by atoms with Crippen LogP contribution in [0.1, 0.15) is 10.4 Å². The molecule has 1 saturated heterocycles. The van der Waals surface area contributed by atoms with E-state index in [9.17, 15) is 14.4 Å². The fourth-order valence-electron chi connectivity index (χ4n) is 3.09. The van der Waals surface area contributed by atoms with Gasteiger partial charge in [0.15, 0.2) is 5.78 Å². The third-order valence-corrected chi connectivity index (χ3v) is 4.98. The molecule has 146 valence electrons. The van der Waals surface area contributed by atoms with Crippen LogP contribution in [0.5, 0.6) is 0 Å². The first kappa shape index (κ1) is 21.2. The zero-order chi connectivity index (χ0) is 18.8. The third-order valence-electron chi connectivity index (χ3n) is 4.73. The van der Waals surface area contributed by atoms with Crippen molar-refractivity contribution in [1.82, 2.24) is 14.0 Å². The Hall–Kier alpha value is -2.09. The number of ketones is 1. The monoisotopic (exact) mass is 412 g/mol. The van der Waals surface area contributed by atoms with E-state index in [1.165, 1.54) is 17.7 Å². The first-order chi connectivity index (χ1) is 12.4. The first-order valence-electron chi connectivity index (χ1n) is 8.40. The highest BCUT2D eigenvalue weighted by atomic mass is 35.5. The van der Waals surface area contributed by atoms with Crippen molar-refractivity contribution in [2.75, 3.05) is 37.6 Å². The molecule has 2 aromatic rings. The van der Waals surface area contributed by atoms with Gasteiger partial charge in [0, 0.05) is 56.9 Å². The van der Waals surface area contributed by atoms with Crippen molar-refractivity contribution in [3.63, 3.8) is 0 Å². The van der Waals surface area contributed by atoms with E-state index >= 15 is 0 Å². The van der Waals surface area contributed by atoms with E-state index < -0.39 is 0 Å². The summed E-state index contributed by atoms with van der Waals surface area (Å²) in [6.45, 7) is 3.00. The highest BCUT2D eigenvalue weighted by Crippen LogP contribution is 2.14. The van der Waals surface area contributed by atoms with Crippen LogP contribution in [0, 0.1) is 0 Å². The number of hydrogen-bond donors (Lipinski definition) is 0. The molecule has 9 heteroatoms. The van der Waals surface area contributed by atoms with E-state index in [1.54, 1.807) is 31.3 Å². The summed E-state index contributed by atoms with van der Waals surface area (Å²) in [7, 11) is 3.13. The molecule has 27 heavy (non-hydrogen) atoms. The maximum atomic E-state index is 12.4. The fourth-order valence-corrected chi connectivity index (χ4v) is 3.22. The van der Waals surface area contributed by atoms with Crippen LogP contribution in [0.25, 0.3) is 0 Å². The van der Waals surface area contributed by atoms with E-state index in [4.69, 9.17) is 11.6 Å². The molecule has 0 aliphatic carbocycles. The van der Waals surface area contributed by atoms with Crippen molar-refractivity contribution in [3.8, 4) is 0 Å². The smallest absolute Gasteiger partial charge is 0.332 e. The average Bonchev–Trinajstić information content (AvgIpc) is 2.64. The highest BCUT2D eigenvalue weighted by Gasteiger charge is 2.22. The lowest BCUT2D eigenvalue weighted by Crippen LogP contribution is -2.50. The van der Waals surface area contributed by atoms with Gasteiger partial charge in [-0.1, -0.05) is 11.6 Å². The molecule has 7 nitrogen and oxygen atoms in total. The summed E-state index contributed by atoms with van der Waals surface area (Å²) in [5, 5.41) is 0.606. The number of anilines is 1. The maximum absolute atomic E-state index is 12.4. The van der Waals surface area contributed by atoms with Crippen molar-refractivity contribution in [1.29, 1.82) is 0 Å². The Kier molecular flexibility index (Phi) is 6.86. The molecule has 0 atom stereocenters. The Balaban J connectivity index is 0.00000261. The van der Waals surface area contributed by atoms with E-state index in [1.807, 2.05) is 4.90 Å². The van der Waals surface area contributed by atoms with Crippen LogP contribution < -0.4 is 16.1 Å². The lowest BCUT2D eigenvalue weighted by Gasteiger charge is -2.36. The number of halogens is 2. The molecule has 0 amide bonds. The molecular weight excluding hydrogens is 391 g/mol. The maximum Gasteiger partial charge on any atom is 0.332 e. The van der Waals surface area contributed by atoms with Gasteiger partial charge in [-0.15, -0.1) is 12.4 Å². The quantitative estimate of drug-likeness (QED) is 0.704. The van der Waals surface area contributed by atoms with Gasteiger partial charge in [0.1, 0.15) is 5.82 Å². The SMILES string of the molecule is Cl.Cn1c(N2CCN(CC(=O)c3ccc(Cl)cc3)CC2)cc(=O)n(C)c1=O. The van der Waals surface area contributed by atoms with Crippen molar-refractivity contribution in [2.45, 2.75) is 0 Å². The molecule has 1 aromatic heterocycles. The van der Waals surface area contributed by atoms with Gasteiger partial charge in [0.25, 0.3) is 5.56 Å². The molecule has 1 aromatic carbocycles. The second kappa shape index (κ2) is 8.73. The second-order valence-electron chi connectivity index (χ2n) is 6.43. The number of carbonyl (C=O) groups excluding carboxylic acids is 1. The topological polar surface area (TPSA) is 67.5 Å². The fraction of sp³-hybridized carbons (Fsp3) is 0.389. The first-order valence-corrected chi connectivity index (χ1v) is 8.78. The molecule has 0 N–H and O–H groups in total. The standard InChI is InChI=1S/C18H21ClN4O3.ClH/c1-20-16(11-17(25)21(2)18(20)26)23-9-7-22(8-10-23)12-15(24)13-3-5-14(19)6-4-13;/h3-6,11H,7-10,12H2,1-2H3;1H. The number of rotatable bonds is 4. The third kappa shape index (κ3) is 4.61. The predicted molar refractivity (Wildman–Crippen MR) is 109 cm³/mol. The largest absolute Gasteiger partial charge is 0.355 e. The summed E-state index contributed by atoms with van der Waals surface area (Å²) in [6, 6.07) is 8.37. The van der Waals surface area contributed by atoms with Crippen LogP contribution in [0.3, 0.4) is 0 Å². The highest BCUT2D eigenvalue weighted by molar-refractivity contribution is 6.30. The molecule has 1 aliphatic rings. The molecule has 0 saturated carbocycles. The summed E-state index contributed by atoms with van der Waals surface area (Å²) in [5.41, 5.74) is -0.0120.